The van der Waals surface area contributed by atoms with Crippen LogP contribution in [0.5, 0.6) is 0 Å². The van der Waals surface area contributed by atoms with Gasteiger partial charge in [-0.25, -0.2) is 0 Å². The zero-order chi connectivity index (χ0) is 22.6. The van der Waals surface area contributed by atoms with Gasteiger partial charge in [-0.05, 0) is 23.1 Å². The third kappa shape index (κ3) is 6.41. The number of amides is 1. The molecule has 5 nitrogen and oxygen atoms in total. The molecule has 0 saturated carbocycles. The van der Waals surface area contributed by atoms with Crippen molar-refractivity contribution in [2.75, 3.05) is 0 Å². The highest BCUT2D eigenvalue weighted by Crippen LogP contribution is 2.32. The van der Waals surface area contributed by atoms with E-state index in [0.717, 1.165) is 17.7 Å². The summed E-state index contributed by atoms with van der Waals surface area (Å²) >= 11 is 0. The molecule has 0 aliphatic heterocycles. The largest absolute Gasteiger partial charge is 0.416 e. The molecule has 1 amide bonds. The molecule has 2 aromatic carbocycles. The Morgan fingerprint density at radius 3 is 2.42 bits per heavy atom. The summed E-state index contributed by atoms with van der Waals surface area (Å²) in [4.78, 5) is 16.8. The fourth-order valence-corrected chi connectivity index (χ4v) is 3.11. The molecule has 31 heavy (non-hydrogen) atoms. The molecular formula is C23H24F3N3O2. The lowest BCUT2D eigenvalue weighted by atomic mass is 9.91. The summed E-state index contributed by atoms with van der Waals surface area (Å²) in [6.45, 7) is 5.87. The first-order valence-corrected chi connectivity index (χ1v) is 9.86. The Bertz CT molecular complexity index is 1020. The molecule has 0 aliphatic rings. The summed E-state index contributed by atoms with van der Waals surface area (Å²) in [5, 5.41) is 6.77. The van der Waals surface area contributed by atoms with Crippen LogP contribution in [0, 0.1) is 5.41 Å². The molecule has 0 saturated heterocycles. The monoisotopic (exact) mass is 431 g/mol. The Kier molecular flexibility index (Phi) is 6.48. The Morgan fingerprint density at radius 2 is 1.77 bits per heavy atom. The quantitative estimate of drug-likeness (QED) is 0.552. The average Bonchev–Trinajstić information content (AvgIpc) is 3.16. The van der Waals surface area contributed by atoms with Crippen molar-refractivity contribution in [2.45, 2.75) is 45.8 Å². The molecule has 0 spiro atoms. The van der Waals surface area contributed by atoms with Crippen LogP contribution in [-0.2, 0) is 17.4 Å². The second-order valence-corrected chi connectivity index (χ2v) is 8.58. The lowest BCUT2D eigenvalue weighted by Gasteiger charge is -2.20. The molecule has 0 fully saturated rings. The number of nitrogens with zero attached hydrogens (tertiary/aromatic N) is 2. The Hall–Kier alpha value is -3.16. The van der Waals surface area contributed by atoms with Crippen LogP contribution in [0.3, 0.4) is 0 Å². The topological polar surface area (TPSA) is 68.0 Å². The summed E-state index contributed by atoms with van der Waals surface area (Å²) in [5.41, 5.74) is 0.127. The van der Waals surface area contributed by atoms with Gasteiger partial charge in [0.05, 0.1) is 5.56 Å². The fraction of sp³-hybridized carbons (Fsp3) is 0.348. The van der Waals surface area contributed by atoms with E-state index in [0.29, 0.717) is 12.8 Å². The van der Waals surface area contributed by atoms with Gasteiger partial charge in [0.2, 0.25) is 17.6 Å². The minimum Gasteiger partial charge on any atom is -0.344 e. The van der Waals surface area contributed by atoms with Gasteiger partial charge < -0.3 is 9.84 Å². The molecule has 1 heterocycles. The molecule has 0 bridgehead atoms. The maximum Gasteiger partial charge on any atom is 0.416 e. The molecule has 8 heteroatoms. The molecule has 164 valence electrons. The molecule has 1 aromatic heterocycles. The fourth-order valence-electron chi connectivity index (χ4n) is 3.11. The van der Waals surface area contributed by atoms with Gasteiger partial charge in [-0.2, -0.15) is 18.2 Å². The van der Waals surface area contributed by atoms with E-state index < -0.39 is 17.8 Å². The van der Waals surface area contributed by atoms with Gasteiger partial charge in [0.25, 0.3) is 0 Å². The van der Waals surface area contributed by atoms with Gasteiger partial charge in [-0.1, -0.05) is 68.4 Å². The normalized spacial score (nSPS) is 13.1. The maximum absolute atomic E-state index is 13.0. The van der Waals surface area contributed by atoms with E-state index in [-0.39, 0.29) is 28.6 Å². The third-order valence-corrected chi connectivity index (χ3v) is 4.50. The van der Waals surface area contributed by atoms with Crippen molar-refractivity contribution in [3.63, 3.8) is 0 Å². The molecular weight excluding hydrogens is 407 g/mol. The van der Waals surface area contributed by atoms with Crippen LogP contribution >= 0.6 is 0 Å². The SMILES string of the molecule is CC(C)(C)CC(=O)N[C@@H](Cc1ccccc1)c1nc(-c2cccc(C(F)(F)F)c2)no1. The predicted octanol–water partition coefficient (Wildman–Crippen LogP) is 5.59. The van der Waals surface area contributed by atoms with Gasteiger partial charge >= 0.3 is 6.18 Å². The Balaban J connectivity index is 1.88. The minimum atomic E-state index is -4.47. The molecule has 0 unspecified atom stereocenters. The number of alkyl halides is 3. The number of rotatable bonds is 6. The molecule has 0 aliphatic carbocycles. The standard InChI is InChI=1S/C23H24F3N3O2/c1-22(2,3)14-19(30)27-18(12-15-8-5-4-6-9-15)21-28-20(29-31-21)16-10-7-11-17(13-16)23(24,25)26/h4-11,13,18H,12,14H2,1-3H3,(H,27,30)/t18-/m0/s1. The number of benzene rings is 2. The summed E-state index contributed by atoms with van der Waals surface area (Å²) in [7, 11) is 0. The molecule has 3 rings (SSSR count). The van der Waals surface area contributed by atoms with E-state index in [1.165, 1.54) is 12.1 Å². The van der Waals surface area contributed by atoms with Gasteiger partial charge in [-0.15, -0.1) is 0 Å². The van der Waals surface area contributed by atoms with Crippen molar-refractivity contribution >= 4 is 5.91 Å². The molecule has 3 aromatic rings. The highest BCUT2D eigenvalue weighted by Gasteiger charge is 2.31. The van der Waals surface area contributed by atoms with Gasteiger partial charge in [0, 0.05) is 18.4 Å². The second-order valence-electron chi connectivity index (χ2n) is 8.58. The summed E-state index contributed by atoms with van der Waals surface area (Å²) in [6.07, 6.45) is -3.77. The Morgan fingerprint density at radius 1 is 1.06 bits per heavy atom. The van der Waals surface area contributed by atoms with Crippen LogP contribution in [-0.4, -0.2) is 16.0 Å². The minimum absolute atomic E-state index is 0.0317. The van der Waals surface area contributed by atoms with Crippen LogP contribution in [0.25, 0.3) is 11.4 Å². The maximum atomic E-state index is 13.0. The lowest BCUT2D eigenvalue weighted by molar-refractivity contribution is -0.137. The number of nitrogens with one attached hydrogen (secondary N) is 1. The summed E-state index contributed by atoms with van der Waals surface area (Å²) in [6, 6.07) is 13.6. The van der Waals surface area contributed by atoms with E-state index in [4.69, 9.17) is 4.52 Å². The number of carbonyl (C=O) groups excluding carboxylic acids is 1. The molecule has 0 radical (unpaired) electrons. The zero-order valence-electron chi connectivity index (χ0n) is 17.5. The van der Waals surface area contributed by atoms with Crippen molar-refractivity contribution in [2.24, 2.45) is 5.41 Å². The summed E-state index contributed by atoms with van der Waals surface area (Å²) < 4.78 is 44.4. The molecule has 1 atom stereocenters. The number of aromatic nitrogens is 2. The second kappa shape index (κ2) is 8.91. The van der Waals surface area contributed by atoms with Crippen LogP contribution in [0.15, 0.2) is 59.1 Å². The van der Waals surface area contributed by atoms with Gasteiger partial charge in [0.1, 0.15) is 6.04 Å². The van der Waals surface area contributed by atoms with Gasteiger partial charge in [0.15, 0.2) is 0 Å². The van der Waals surface area contributed by atoms with Crippen molar-refractivity contribution in [3.8, 4) is 11.4 Å². The van der Waals surface area contributed by atoms with Crippen LogP contribution in [0.4, 0.5) is 13.2 Å². The van der Waals surface area contributed by atoms with E-state index in [1.54, 1.807) is 0 Å². The highest BCUT2D eigenvalue weighted by molar-refractivity contribution is 5.77. The predicted molar refractivity (Wildman–Crippen MR) is 110 cm³/mol. The van der Waals surface area contributed by atoms with Crippen LogP contribution in [0.2, 0.25) is 0 Å². The Labute approximate surface area is 178 Å². The van der Waals surface area contributed by atoms with E-state index in [9.17, 15) is 18.0 Å². The van der Waals surface area contributed by atoms with Crippen molar-refractivity contribution in [1.29, 1.82) is 0 Å². The van der Waals surface area contributed by atoms with Crippen molar-refractivity contribution in [3.05, 3.63) is 71.6 Å². The first-order valence-electron chi connectivity index (χ1n) is 9.86. The number of hydrogen-bond acceptors (Lipinski definition) is 4. The van der Waals surface area contributed by atoms with Crippen molar-refractivity contribution < 1.29 is 22.5 Å². The van der Waals surface area contributed by atoms with E-state index in [2.05, 4.69) is 15.5 Å². The highest BCUT2D eigenvalue weighted by atomic mass is 19.4. The van der Waals surface area contributed by atoms with Crippen LogP contribution < -0.4 is 5.32 Å². The summed E-state index contributed by atoms with van der Waals surface area (Å²) in [5.74, 6) is -0.00462. The van der Waals surface area contributed by atoms with Crippen LogP contribution in [0.1, 0.15) is 50.3 Å². The first kappa shape index (κ1) is 22.5. The first-order chi connectivity index (χ1) is 14.5. The third-order valence-electron chi connectivity index (χ3n) is 4.50. The smallest absolute Gasteiger partial charge is 0.344 e. The number of hydrogen-bond donors (Lipinski definition) is 1. The lowest BCUT2D eigenvalue weighted by Crippen LogP contribution is -2.32. The zero-order valence-corrected chi connectivity index (χ0v) is 17.5. The number of halogens is 3. The molecule has 1 N–H and O–H groups in total. The number of carbonyl (C=O) groups is 1. The van der Waals surface area contributed by atoms with E-state index in [1.807, 2.05) is 51.1 Å². The van der Waals surface area contributed by atoms with Crippen molar-refractivity contribution in [1.82, 2.24) is 15.5 Å². The van der Waals surface area contributed by atoms with E-state index >= 15 is 0 Å². The van der Waals surface area contributed by atoms with Gasteiger partial charge in [-0.3, -0.25) is 4.79 Å². The average molecular weight is 431 g/mol.